The Morgan fingerprint density at radius 2 is 0.981 bits per heavy atom. The third-order valence-electron chi connectivity index (χ3n) is 9.51. The van der Waals surface area contributed by atoms with Crippen LogP contribution in [0.4, 0.5) is 0 Å². The van der Waals surface area contributed by atoms with E-state index in [1.165, 1.54) is 5.56 Å². The minimum Gasteiger partial charge on any atom is -0.435 e. The van der Waals surface area contributed by atoms with Gasteiger partial charge in [-0.2, -0.15) is 9.97 Å². The second kappa shape index (κ2) is 12.3. The standard InChI is InChI=1S/C46H29N5O/c1-4-14-30(15-5-1)33-20-12-21-35(28-33)43-48-44(37-23-13-24-39-42(37)52-45(47-39)32-18-8-3-9-19-32)50-46(49-43)51-40-25-11-10-22-36(40)38-29-34(26-27-41(38)51)31-16-6-2-7-17-31/h1-29H. The van der Waals surface area contributed by atoms with Crippen molar-refractivity contribution >= 4 is 32.9 Å². The molecule has 0 aliphatic rings. The summed E-state index contributed by atoms with van der Waals surface area (Å²) in [5, 5.41) is 2.24. The van der Waals surface area contributed by atoms with Crippen molar-refractivity contribution in [3.63, 3.8) is 0 Å². The van der Waals surface area contributed by atoms with Gasteiger partial charge in [0.25, 0.3) is 0 Å². The predicted octanol–water partition coefficient (Wildman–Crippen LogP) is 11.4. The van der Waals surface area contributed by atoms with Crippen LogP contribution in [0.5, 0.6) is 0 Å². The van der Waals surface area contributed by atoms with Gasteiger partial charge in [-0.1, -0.05) is 127 Å². The van der Waals surface area contributed by atoms with Gasteiger partial charge in [0.2, 0.25) is 11.8 Å². The lowest BCUT2D eigenvalue weighted by Gasteiger charge is -2.12. The van der Waals surface area contributed by atoms with E-state index in [4.69, 9.17) is 24.4 Å². The first-order chi connectivity index (χ1) is 25.8. The van der Waals surface area contributed by atoms with Gasteiger partial charge in [0.05, 0.1) is 16.6 Å². The number of benzene rings is 7. The van der Waals surface area contributed by atoms with E-state index in [2.05, 4.69) is 108 Å². The molecule has 0 fully saturated rings. The fourth-order valence-corrected chi connectivity index (χ4v) is 7.01. The van der Waals surface area contributed by atoms with Crippen LogP contribution in [-0.2, 0) is 0 Å². The molecule has 0 saturated heterocycles. The van der Waals surface area contributed by atoms with Crippen molar-refractivity contribution in [2.75, 3.05) is 0 Å². The van der Waals surface area contributed by atoms with E-state index in [1.807, 2.05) is 72.8 Å². The van der Waals surface area contributed by atoms with Crippen LogP contribution in [0, 0.1) is 0 Å². The zero-order valence-corrected chi connectivity index (χ0v) is 27.9. The molecule has 3 heterocycles. The molecule has 6 nitrogen and oxygen atoms in total. The van der Waals surface area contributed by atoms with Crippen LogP contribution in [0.25, 0.3) is 95.3 Å². The Bertz CT molecular complexity index is 2900. The van der Waals surface area contributed by atoms with Crippen molar-refractivity contribution in [1.29, 1.82) is 0 Å². The quantitative estimate of drug-likeness (QED) is 0.176. The van der Waals surface area contributed by atoms with Crippen LogP contribution in [0.1, 0.15) is 0 Å². The van der Waals surface area contributed by atoms with Crippen LogP contribution in [0.3, 0.4) is 0 Å². The van der Waals surface area contributed by atoms with E-state index in [0.29, 0.717) is 29.1 Å². The average Bonchev–Trinajstić information content (AvgIpc) is 3.81. The van der Waals surface area contributed by atoms with E-state index in [9.17, 15) is 0 Å². The molecule has 0 saturated carbocycles. The lowest BCUT2D eigenvalue weighted by Crippen LogP contribution is -2.06. The number of rotatable bonds is 6. The summed E-state index contributed by atoms with van der Waals surface area (Å²) in [6.07, 6.45) is 0. The van der Waals surface area contributed by atoms with Gasteiger partial charge in [-0.15, -0.1) is 0 Å². The molecule has 6 heteroatoms. The molecule has 7 aromatic carbocycles. The molecule has 0 spiro atoms. The van der Waals surface area contributed by atoms with Crippen molar-refractivity contribution in [3.05, 3.63) is 176 Å². The highest BCUT2D eigenvalue weighted by atomic mass is 16.3. The highest BCUT2D eigenvalue weighted by Crippen LogP contribution is 2.37. The Morgan fingerprint density at radius 1 is 0.385 bits per heavy atom. The molecular weight excluding hydrogens is 639 g/mol. The monoisotopic (exact) mass is 667 g/mol. The van der Waals surface area contributed by atoms with E-state index < -0.39 is 0 Å². The first kappa shape index (κ1) is 29.7. The van der Waals surface area contributed by atoms with E-state index >= 15 is 0 Å². The summed E-state index contributed by atoms with van der Waals surface area (Å²) in [7, 11) is 0. The van der Waals surface area contributed by atoms with Crippen molar-refractivity contribution in [2.24, 2.45) is 0 Å². The summed E-state index contributed by atoms with van der Waals surface area (Å²) in [6.45, 7) is 0. The maximum atomic E-state index is 6.47. The van der Waals surface area contributed by atoms with Crippen LogP contribution >= 0.6 is 0 Å². The molecule has 10 rings (SSSR count). The molecular formula is C46H29N5O. The van der Waals surface area contributed by atoms with Gasteiger partial charge in [0.15, 0.2) is 17.2 Å². The summed E-state index contributed by atoms with van der Waals surface area (Å²) in [5.74, 6) is 2.12. The highest BCUT2D eigenvalue weighted by Gasteiger charge is 2.21. The molecule has 0 atom stereocenters. The smallest absolute Gasteiger partial charge is 0.238 e. The van der Waals surface area contributed by atoms with Crippen LogP contribution in [0.2, 0.25) is 0 Å². The SMILES string of the molecule is c1ccc(-c2cccc(-c3nc(-c4cccc5nc(-c6ccccc6)oc45)nc(-n4c5ccccc5c5cc(-c6ccccc6)ccc54)n3)c2)cc1. The molecule has 0 radical (unpaired) electrons. The predicted molar refractivity (Wildman–Crippen MR) is 209 cm³/mol. The number of hydrogen-bond acceptors (Lipinski definition) is 5. The number of fused-ring (bicyclic) bond motifs is 4. The molecule has 52 heavy (non-hydrogen) atoms. The summed E-state index contributed by atoms with van der Waals surface area (Å²) in [6, 6.07) is 60.0. The van der Waals surface area contributed by atoms with Crippen LogP contribution < -0.4 is 0 Å². The zero-order chi connectivity index (χ0) is 34.4. The van der Waals surface area contributed by atoms with Gasteiger partial charge in [0, 0.05) is 21.9 Å². The number of hydrogen-bond donors (Lipinski definition) is 0. The van der Waals surface area contributed by atoms with Crippen molar-refractivity contribution in [2.45, 2.75) is 0 Å². The normalized spacial score (nSPS) is 11.5. The van der Waals surface area contributed by atoms with Gasteiger partial charge in [0.1, 0.15) is 5.52 Å². The fraction of sp³-hybridized carbons (Fsp3) is 0. The van der Waals surface area contributed by atoms with Gasteiger partial charge in [-0.3, -0.25) is 4.57 Å². The van der Waals surface area contributed by atoms with E-state index in [0.717, 1.165) is 60.7 Å². The minimum atomic E-state index is 0.498. The van der Waals surface area contributed by atoms with Gasteiger partial charge in [-0.25, -0.2) is 9.97 Å². The third-order valence-corrected chi connectivity index (χ3v) is 9.51. The zero-order valence-electron chi connectivity index (χ0n) is 27.9. The lowest BCUT2D eigenvalue weighted by molar-refractivity contribution is 0.620. The highest BCUT2D eigenvalue weighted by molar-refractivity contribution is 6.10. The van der Waals surface area contributed by atoms with Crippen LogP contribution in [-0.4, -0.2) is 24.5 Å². The number of para-hydroxylation sites is 2. The van der Waals surface area contributed by atoms with Gasteiger partial charge >= 0.3 is 0 Å². The molecule has 0 N–H and O–H groups in total. The number of nitrogens with zero attached hydrogens (tertiary/aromatic N) is 5. The Balaban J connectivity index is 1.22. The van der Waals surface area contributed by atoms with E-state index in [1.54, 1.807) is 0 Å². The molecule has 0 unspecified atom stereocenters. The maximum absolute atomic E-state index is 6.47. The molecule has 10 aromatic rings. The maximum Gasteiger partial charge on any atom is 0.238 e. The second-order valence-corrected chi connectivity index (χ2v) is 12.7. The molecule has 3 aromatic heterocycles. The fourth-order valence-electron chi connectivity index (χ4n) is 7.01. The van der Waals surface area contributed by atoms with Crippen molar-refractivity contribution in [3.8, 4) is 62.4 Å². The third kappa shape index (κ3) is 5.13. The Kier molecular flexibility index (Phi) is 7.03. The Hall–Kier alpha value is -7.18. The topological polar surface area (TPSA) is 69.6 Å². The van der Waals surface area contributed by atoms with Crippen molar-refractivity contribution in [1.82, 2.24) is 24.5 Å². The molecule has 244 valence electrons. The van der Waals surface area contributed by atoms with E-state index in [-0.39, 0.29) is 0 Å². The molecule has 0 bridgehead atoms. The average molecular weight is 668 g/mol. The lowest BCUT2D eigenvalue weighted by atomic mass is 10.0. The summed E-state index contributed by atoms with van der Waals surface area (Å²) in [5.41, 5.74) is 10.4. The summed E-state index contributed by atoms with van der Waals surface area (Å²) < 4.78 is 8.61. The molecule has 0 amide bonds. The Morgan fingerprint density at radius 3 is 1.75 bits per heavy atom. The minimum absolute atomic E-state index is 0.498. The summed E-state index contributed by atoms with van der Waals surface area (Å²) >= 11 is 0. The first-order valence-electron chi connectivity index (χ1n) is 17.2. The van der Waals surface area contributed by atoms with Gasteiger partial charge < -0.3 is 4.42 Å². The molecule has 0 aliphatic carbocycles. The van der Waals surface area contributed by atoms with Gasteiger partial charge in [-0.05, 0) is 70.8 Å². The first-order valence-corrected chi connectivity index (χ1v) is 17.2. The van der Waals surface area contributed by atoms with Crippen LogP contribution in [0.15, 0.2) is 180 Å². The largest absolute Gasteiger partial charge is 0.435 e. The number of oxazole rings is 1. The Labute approximate surface area is 299 Å². The molecule has 0 aliphatic heterocycles. The summed E-state index contributed by atoms with van der Waals surface area (Å²) in [4.78, 5) is 20.4. The second-order valence-electron chi connectivity index (χ2n) is 12.7. The number of aromatic nitrogens is 5. The van der Waals surface area contributed by atoms with Crippen molar-refractivity contribution < 1.29 is 4.42 Å².